The average Bonchev–Trinajstić information content (AvgIpc) is 2.60. The van der Waals surface area contributed by atoms with Crippen LogP contribution in [0.1, 0.15) is 21.5 Å². The number of Topliss-reactive ketones (excluding diaryl/α,β-unsaturated/α-hetero) is 1. The number of rotatable bonds is 5. The molecule has 0 saturated carbocycles. The number of aliphatic hydroxyl groups excluding tert-OH is 1. The van der Waals surface area contributed by atoms with Crippen LogP contribution < -0.4 is 4.90 Å². The summed E-state index contributed by atoms with van der Waals surface area (Å²) in [6, 6.07) is 3.70. The van der Waals surface area contributed by atoms with Gasteiger partial charge in [0, 0.05) is 6.54 Å². The minimum Gasteiger partial charge on any atom is -0.394 e. The number of ether oxygens (including phenoxy) is 1. The summed E-state index contributed by atoms with van der Waals surface area (Å²) in [5, 5.41) is 8.63. The van der Waals surface area contributed by atoms with Gasteiger partial charge in [0.15, 0.2) is 0 Å². The Morgan fingerprint density at radius 2 is 1.95 bits per heavy atom. The van der Waals surface area contributed by atoms with Crippen molar-refractivity contribution in [1.29, 1.82) is 0 Å². The molecule has 5 heteroatoms. The second kappa shape index (κ2) is 5.50. The first kappa shape index (κ1) is 13.7. The van der Waals surface area contributed by atoms with Gasteiger partial charge in [0.25, 0.3) is 11.7 Å². The molecular weight excluding hydrogens is 246 g/mol. The molecular formula is C14H17NO4. The first-order valence-electron chi connectivity index (χ1n) is 6.22. The van der Waals surface area contributed by atoms with Crippen LogP contribution in [0.25, 0.3) is 0 Å². The minimum absolute atomic E-state index is 0.0539. The van der Waals surface area contributed by atoms with Crippen LogP contribution >= 0.6 is 0 Å². The quantitative estimate of drug-likeness (QED) is 0.631. The second-order valence-corrected chi connectivity index (χ2v) is 4.60. The molecule has 1 aliphatic heterocycles. The molecule has 1 aromatic carbocycles. The lowest BCUT2D eigenvalue weighted by atomic mass is 10.0. The van der Waals surface area contributed by atoms with E-state index in [2.05, 4.69) is 0 Å². The summed E-state index contributed by atoms with van der Waals surface area (Å²) >= 11 is 0. The Balaban J connectivity index is 2.23. The maximum atomic E-state index is 12.0. The Hall–Kier alpha value is -1.72. The van der Waals surface area contributed by atoms with Crippen molar-refractivity contribution in [3.05, 3.63) is 28.8 Å². The number of hydrogen-bond donors (Lipinski definition) is 1. The van der Waals surface area contributed by atoms with Crippen LogP contribution in [0.2, 0.25) is 0 Å². The maximum absolute atomic E-state index is 12.0. The van der Waals surface area contributed by atoms with Gasteiger partial charge < -0.3 is 14.7 Å². The number of carbonyl (C=O) groups is 2. The first-order valence-corrected chi connectivity index (χ1v) is 6.22. The molecule has 0 radical (unpaired) electrons. The van der Waals surface area contributed by atoms with Crippen LogP contribution in [0.3, 0.4) is 0 Å². The predicted octanol–water partition coefficient (Wildman–Crippen LogP) is 0.842. The Kier molecular flexibility index (Phi) is 3.97. The summed E-state index contributed by atoms with van der Waals surface area (Å²) in [4.78, 5) is 25.4. The zero-order valence-electron chi connectivity index (χ0n) is 11.1. The van der Waals surface area contributed by atoms with E-state index < -0.39 is 11.7 Å². The van der Waals surface area contributed by atoms with Gasteiger partial charge in [-0.15, -0.1) is 0 Å². The molecule has 5 nitrogen and oxygen atoms in total. The van der Waals surface area contributed by atoms with E-state index in [0.717, 1.165) is 11.1 Å². The largest absolute Gasteiger partial charge is 0.394 e. The Morgan fingerprint density at radius 1 is 1.21 bits per heavy atom. The molecule has 102 valence electrons. The van der Waals surface area contributed by atoms with Gasteiger partial charge in [0.1, 0.15) is 0 Å². The van der Waals surface area contributed by atoms with Crippen LogP contribution in [0.4, 0.5) is 5.69 Å². The van der Waals surface area contributed by atoms with Crippen molar-refractivity contribution in [3.63, 3.8) is 0 Å². The van der Waals surface area contributed by atoms with Crippen molar-refractivity contribution in [2.75, 3.05) is 31.3 Å². The van der Waals surface area contributed by atoms with Gasteiger partial charge in [-0.3, -0.25) is 9.59 Å². The number of fused-ring (bicyclic) bond motifs is 1. The summed E-state index contributed by atoms with van der Waals surface area (Å²) in [6.07, 6.45) is 0. The normalized spacial score (nSPS) is 14.2. The van der Waals surface area contributed by atoms with Crippen molar-refractivity contribution >= 4 is 17.4 Å². The Bertz CT molecular complexity index is 524. The van der Waals surface area contributed by atoms with Gasteiger partial charge >= 0.3 is 0 Å². The molecule has 2 rings (SSSR count). The summed E-state index contributed by atoms with van der Waals surface area (Å²) in [7, 11) is 0. The molecule has 0 saturated heterocycles. The predicted molar refractivity (Wildman–Crippen MR) is 70.5 cm³/mol. The third-order valence-corrected chi connectivity index (χ3v) is 3.09. The van der Waals surface area contributed by atoms with E-state index in [9.17, 15) is 9.59 Å². The molecule has 0 atom stereocenters. The smallest absolute Gasteiger partial charge is 0.299 e. The van der Waals surface area contributed by atoms with Gasteiger partial charge in [-0.2, -0.15) is 0 Å². The lowest BCUT2D eigenvalue weighted by Gasteiger charge is -2.18. The van der Waals surface area contributed by atoms with Crippen LogP contribution in [-0.2, 0) is 9.53 Å². The van der Waals surface area contributed by atoms with Crippen LogP contribution in [0, 0.1) is 13.8 Å². The second-order valence-electron chi connectivity index (χ2n) is 4.60. The van der Waals surface area contributed by atoms with E-state index in [1.165, 1.54) is 4.90 Å². The monoisotopic (exact) mass is 263 g/mol. The topological polar surface area (TPSA) is 66.8 Å². The molecule has 1 aliphatic rings. The van der Waals surface area contributed by atoms with Gasteiger partial charge in [0.05, 0.1) is 31.1 Å². The number of nitrogens with zero attached hydrogens (tertiary/aromatic N) is 1. The van der Waals surface area contributed by atoms with Crippen molar-refractivity contribution in [3.8, 4) is 0 Å². The molecule has 0 aromatic heterocycles. The first-order chi connectivity index (χ1) is 9.06. The third-order valence-electron chi connectivity index (χ3n) is 3.09. The molecule has 1 heterocycles. The van der Waals surface area contributed by atoms with Crippen molar-refractivity contribution in [1.82, 2.24) is 0 Å². The van der Waals surface area contributed by atoms with E-state index in [0.29, 0.717) is 24.4 Å². The number of ketones is 1. The van der Waals surface area contributed by atoms with E-state index in [1.807, 2.05) is 19.9 Å². The minimum atomic E-state index is -0.503. The van der Waals surface area contributed by atoms with Gasteiger partial charge in [0.2, 0.25) is 0 Å². The van der Waals surface area contributed by atoms with E-state index in [1.54, 1.807) is 6.07 Å². The standard InChI is InChI=1S/C14H17NO4/c1-9-7-10(2)12-11(8-9)13(17)14(18)15(12)3-5-19-6-4-16/h7-8,16H,3-6H2,1-2H3. The molecule has 1 N–H and O–H groups in total. The van der Waals surface area contributed by atoms with Crippen molar-refractivity contribution in [2.45, 2.75) is 13.8 Å². The Labute approximate surface area is 111 Å². The average molecular weight is 263 g/mol. The van der Waals surface area contributed by atoms with Gasteiger partial charge in [-0.1, -0.05) is 6.07 Å². The maximum Gasteiger partial charge on any atom is 0.299 e. The number of benzene rings is 1. The molecule has 1 aromatic rings. The van der Waals surface area contributed by atoms with Crippen LogP contribution in [0.15, 0.2) is 12.1 Å². The fraction of sp³-hybridized carbons (Fsp3) is 0.429. The molecule has 0 aliphatic carbocycles. The number of anilines is 1. The van der Waals surface area contributed by atoms with Crippen LogP contribution in [-0.4, -0.2) is 43.2 Å². The van der Waals surface area contributed by atoms with Crippen molar-refractivity contribution < 1.29 is 19.4 Å². The summed E-state index contributed by atoms with van der Waals surface area (Å²) in [5.41, 5.74) is 3.05. The molecule has 0 spiro atoms. The molecule has 0 unspecified atom stereocenters. The van der Waals surface area contributed by atoms with Gasteiger partial charge in [-0.25, -0.2) is 0 Å². The lowest BCUT2D eigenvalue weighted by molar-refractivity contribution is -0.114. The highest BCUT2D eigenvalue weighted by atomic mass is 16.5. The molecule has 0 fully saturated rings. The third kappa shape index (κ3) is 2.52. The molecule has 0 bridgehead atoms. The fourth-order valence-corrected chi connectivity index (χ4v) is 2.37. The van der Waals surface area contributed by atoms with E-state index in [4.69, 9.17) is 9.84 Å². The summed E-state index contributed by atoms with van der Waals surface area (Å²) in [6.45, 7) is 4.59. The summed E-state index contributed by atoms with van der Waals surface area (Å²) in [5.74, 6) is -0.958. The Morgan fingerprint density at radius 3 is 2.63 bits per heavy atom. The van der Waals surface area contributed by atoms with E-state index in [-0.39, 0.29) is 13.2 Å². The summed E-state index contributed by atoms with van der Waals surface area (Å²) < 4.78 is 5.15. The van der Waals surface area contributed by atoms with Gasteiger partial charge in [-0.05, 0) is 31.0 Å². The zero-order chi connectivity index (χ0) is 14.0. The zero-order valence-corrected chi connectivity index (χ0v) is 11.1. The highest BCUT2D eigenvalue weighted by Crippen LogP contribution is 2.33. The number of hydrogen-bond acceptors (Lipinski definition) is 4. The highest BCUT2D eigenvalue weighted by Gasteiger charge is 2.36. The highest BCUT2D eigenvalue weighted by molar-refractivity contribution is 6.52. The molecule has 1 amide bonds. The van der Waals surface area contributed by atoms with Crippen molar-refractivity contribution in [2.24, 2.45) is 0 Å². The fourth-order valence-electron chi connectivity index (χ4n) is 2.37. The lowest BCUT2D eigenvalue weighted by Crippen LogP contribution is -2.33. The van der Waals surface area contributed by atoms with Crippen LogP contribution in [0.5, 0.6) is 0 Å². The SMILES string of the molecule is Cc1cc(C)c2c(c1)C(=O)C(=O)N2CCOCCO. The number of aryl methyl sites for hydroxylation is 2. The number of carbonyl (C=O) groups excluding carboxylic acids is 2. The van der Waals surface area contributed by atoms with E-state index >= 15 is 0 Å². The number of aliphatic hydroxyl groups is 1. The number of amides is 1. The molecule has 19 heavy (non-hydrogen) atoms.